The molecule has 2 aromatic rings. The minimum absolute atomic E-state index is 0.131. The van der Waals surface area contributed by atoms with E-state index >= 15 is 0 Å². The van der Waals surface area contributed by atoms with E-state index in [0.717, 1.165) is 20.4 Å². The van der Waals surface area contributed by atoms with E-state index in [4.69, 9.17) is 4.84 Å². The summed E-state index contributed by atoms with van der Waals surface area (Å²) < 4.78 is 27.0. The molecule has 0 bridgehead atoms. The fraction of sp³-hybridized carbons (Fsp3) is 0.312. The summed E-state index contributed by atoms with van der Waals surface area (Å²) in [6, 6.07) is 11.6. The molecule has 0 aromatic heterocycles. The molecule has 0 unspecified atom stereocenters. The first kappa shape index (κ1) is 15.9. The summed E-state index contributed by atoms with van der Waals surface area (Å²) >= 11 is 0. The summed E-state index contributed by atoms with van der Waals surface area (Å²) in [5.41, 5.74) is 0. The van der Waals surface area contributed by atoms with Crippen molar-refractivity contribution < 1.29 is 18.0 Å². The number of hydrogen-bond acceptors (Lipinski definition) is 5. The van der Waals surface area contributed by atoms with Gasteiger partial charge in [0.25, 0.3) is 10.0 Å². The minimum Gasteiger partial charge on any atom is -0.350 e. The Balaban J connectivity index is 2.10. The molecular formula is C16H18N2O4S. The highest BCUT2D eigenvalue weighted by atomic mass is 32.2. The zero-order valence-electron chi connectivity index (χ0n) is 13.1. The summed E-state index contributed by atoms with van der Waals surface area (Å²) in [5, 5.41) is 2.77. The quantitative estimate of drug-likeness (QED) is 0.861. The van der Waals surface area contributed by atoms with Crippen molar-refractivity contribution in [1.82, 2.24) is 9.59 Å². The molecule has 0 amide bonds. The molecule has 0 radical (unpaired) electrons. The third kappa shape index (κ3) is 2.60. The zero-order chi connectivity index (χ0) is 16.8. The second-order valence-corrected chi connectivity index (χ2v) is 7.65. The molecule has 0 saturated carbocycles. The van der Waals surface area contributed by atoms with Gasteiger partial charge in [-0.1, -0.05) is 53.8 Å². The number of fused-ring (bicyclic) bond motifs is 1. The first-order valence-electron chi connectivity index (χ1n) is 7.31. The Morgan fingerprint density at radius 3 is 2.39 bits per heavy atom. The Morgan fingerprint density at radius 1 is 1.09 bits per heavy atom. The molecule has 3 rings (SSSR count). The lowest BCUT2D eigenvalue weighted by molar-refractivity contribution is -0.186. The molecule has 7 heteroatoms. The van der Waals surface area contributed by atoms with E-state index in [-0.39, 0.29) is 10.8 Å². The van der Waals surface area contributed by atoms with E-state index in [1.54, 1.807) is 32.0 Å². The van der Waals surface area contributed by atoms with Gasteiger partial charge in [0.2, 0.25) is 0 Å². The van der Waals surface area contributed by atoms with Gasteiger partial charge in [0.1, 0.15) is 6.04 Å². The molecule has 1 saturated heterocycles. The lowest BCUT2D eigenvalue weighted by atomic mass is 10.1. The van der Waals surface area contributed by atoms with E-state index in [1.807, 2.05) is 24.3 Å². The van der Waals surface area contributed by atoms with Crippen LogP contribution in [0, 0.1) is 5.92 Å². The first-order valence-corrected chi connectivity index (χ1v) is 8.75. The maximum absolute atomic E-state index is 13.0. The van der Waals surface area contributed by atoms with Crippen molar-refractivity contribution in [2.75, 3.05) is 7.05 Å². The van der Waals surface area contributed by atoms with Gasteiger partial charge in [0.15, 0.2) is 0 Å². The van der Waals surface area contributed by atoms with Crippen molar-refractivity contribution in [1.29, 1.82) is 0 Å². The third-order valence-corrected chi connectivity index (χ3v) is 5.67. The number of carbonyl (C=O) groups is 1. The molecule has 1 atom stereocenters. The molecule has 1 aliphatic rings. The fourth-order valence-corrected chi connectivity index (χ4v) is 4.45. The Morgan fingerprint density at radius 2 is 1.74 bits per heavy atom. The van der Waals surface area contributed by atoms with Crippen LogP contribution in [-0.2, 0) is 19.7 Å². The van der Waals surface area contributed by atoms with E-state index in [2.05, 4.69) is 0 Å². The summed E-state index contributed by atoms with van der Waals surface area (Å²) in [4.78, 5) is 17.1. The van der Waals surface area contributed by atoms with Crippen molar-refractivity contribution in [2.45, 2.75) is 24.8 Å². The molecule has 1 heterocycles. The lowest BCUT2D eigenvalue weighted by Gasteiger charge is -2.25. The number of sulfonamides is 1. The van der Waals surface area contributed by atoms with Gasteiger partial charge in [-0.25, -0.2) is 13.2 Å². The van der Waals surface area contributed by atoms with Gasteiger partial charge in [0, 0.05) is 7.05 Å². The molecule has 2 aromatic carbocycles. The lowest BCUT2D eigenvalue weighted by Crippen LogP contribution is -2.46. The molecule has 1 aliphatic heterocycles. The van der Waals surface area contributed by atoms with Crippen molar-refractivity contribution in [2.24, 2.45) is 5.92 Å². The zero-order valence-corrected chi connectivity index (χ0v) is 13.9. The predicted molar refractivity (Wildman–Crippen MR) is 85.5 cm³/mol. The van der Waals surface area contributed by atoms with E-state index in [1.165, 1.54) is 7.05 Å². The van der Waals surface area contributed by atoms with E-state index in [0.29, 0.717) is 0 Å². The van der Waals surface area contributed by atoms with Crippen LogP contribution >= 0.6 is 0 Å². The Hall–Kier alpha value is -1.96. The van der Waals surface area contributed by atoms with E-state index in [9.17, 15) is 13.2 Å². The topological polar surface area (TPSA) is 66.9 Å². The number of hydrazine groups is 1. The highest BCUT2D eigenvalue weighted by Crippen LogP contribution is 2.30. The van der Waals surface area contributed by atoms with Crippen LogP contribution in [0.3, 0.4) is 0 Å². The van der Waals surface area contributed by atoms with Gasteiger partial charge >= 0.3 is 5.97 Å². The normalized spacial score (nSPS) is 20.3. The molecular weight excluding hydrogens is 316 g/mol. The molecule has 122 valence electrons. The average molecular weight is 334 g/mol. The van der Waals surface area contributed by atoms with Crippen LogP contribution in [0.2, 0.25) is 0 Å². The van der Waals surface area contributed by atoms with Crippen LogP contribution in [-0.4, -0.2) is 37.1 Å². The summed E-state index contributed by atoms with van der Waals surface area (Å²) in [6.07, 6.45) is 0. The van der Waals surface area contributed by atoms with Gasteiger partial charge in [-0.3, -0.25) is 0 Å². The molecule has 6 nitrogen and oxygen atoms in total. The van der Waals surface area contributed by atoms with Crippen molar-refractivity contribution >= 4 is 26.8 Å². The van der Waals surface area contributed by atoms with Crippen molar-refractivity contribution in [3.05, 3.63) is 42.5 Å². The van der Waals surface area contributed by atoms with Gasteiger partial charge in [-0.05, 0) is 28.8 Å². The second-order valence-electron chi connectivity index (χ2n) is 5.85. The largest absolute Gasteiger partial charge is 0.350 e. The van der Waals surface area contributed by atoms with Crippen molar-refractivity contribution in [3.8, 4) is 0 Å². The van der Waals surface area contributed by atoms with Gasteiger partial charge < -0.3 is 4.84 Å². The van der Waals surface area contributed by atoms with Crippen LogP contribution in [0.25, 0.3) is 10.8 Å². The Kier molecular flexibility index (Phi) is 3.87. The summed E-state index contributed by atoms with van der Waals surface area (Å²) in [7, 11) is -2.48. The molecule has 0 N–H and O–H groups in total. The van der Waals surface area contributed by atoms with Crippen LogP contribution < -0.4 is 0 Å². The van der Waals surface area contributed by atoms with Crippen LogP contribution in [0.5, 0.6) is 0 Å². The Bertz CT molecular complexity index is 863. The highest BCUT2D eigenvalue weighted by molar-refractivity contribution is 7.89. The van der Waals surface area contributed by atoms with Gasteiger partial charge in [-0.2, -0.15) is 0 Å². The summed E-state index contributed by atoms with van der Waals surface area (Å²) in [6.45, 7) is 3.57. The van der Waals surface area contributed by atoms with Crippen LogP contribution in [0.4, 0.5) is 0 Å². The maximum atomic E-state index is 13.0. The highest BCUT2D eigenvalue weighted by Gasteiger charge is 2.48. The maximum Gasteiger partial charge on any atom is 0.346 e. The average Bonchev–Trinajstić information content (AvgIpc) is 2.82. The molecule has 23 heavy (non-hydrogen) atoms. The standard InChI is InChI=1S/C16H18N2O4S/c1-11(2)15-16(19)22-17(3)18(15)23(20,21)14-9-8-12-6-4-5-7-13(12)10-14/h4-11,15H,1-3H3/t15-/m0/s1. The number of rotatable bonds is 3. The van der Waals surface area contributed by atoms with Crippen molar-refractivity contribution in [3.63, 3.8) is 0 Å². The molecule has 0 aliphatic carbocycles. The van der Waals surface area contributed by atoms with Crippen LogP contribution in [0.1, 0.15) is 13.8 Å². The molecule has 0 spiro atoms. The first-order chi connectivity index (χ1) is 10.8. The fourth-order valence-electron chi connectivity index (χ4n) is 2.75. The predicted octanol–water partition coefficient (Wildman–Crippen LogP) is 2.17. The number of hydrogen-bond donors (Lipinski definition) is 0. The minimum atomic E-state index is -3.89. The third-order valence-electron chi connectivity index (χ3n) is 3.88. The van der Waals surface area contributed by atoms with Crippen LogP contribution in [0.15, 0.2) is 47.4 Å². The number of benzene rings is 2. The number of hydroxylamine groups is 1. The number of carbonyl (C=O) groups excluding carboxylic acids is 1. The number of nitrogens with zero attached hydrogens (tertiary/aromatic N) is 2. The molecule has 1 fully saturated rings. The SMILES string of the molecule is CC(C)[C@H]1C(=O)ON(C)N1S(=O)(=O)c1ccc2ccccc2c1. The van der Waals surface area contributed by atoms with Gasteiger partial charge in [0.05, 0.1) is 4.90 Å². The monoisotopic (exact) mass is 334 g/mol. The summed E-state index contributed by atoms with van der Waals surface area (Å²) in [5.74, 6) is -0.769. The second kappa shape index (κ2) is 5.59. The van der Waals surface area contributed by atoms with E-state index < -0.39 is 22.0 Å². The Labute approximate surface area is 135 Å². The van der Waals surface area contributed by atoms with Gasteiger partial charge in [-0.15, -0.1) is 0 Å². The smallest absolute Gasteiger partial charge is 0.346 e.